The molecule has 0 aromatic carbocycles. The zero-order valence-electron chi connectivity index (χ0n) is 11.3. The Morgan fingerprint density at radius 3 is 2.95 bits per heavy atom. The topological polar surface area (TPSA) is 85.4 Å². The Kier molecular flexibility index (Phi) is 4.75. The van der Waals surface area contributed by atoms with Crippen molar-refractivity contribution in [3.63, 3.8) is 0 Å². The second-order valence-electron chi connectivity index (χ2n) is 4.48. The van der Waals surface area contributed by atoms with Crippen molar-refractivity contribution in [2.24, 2.45) is 0 Å². The van der Waals surface area contributed by atoms with E-state index in [-0.39, 0.29) is 5.91 Å². The fourth-order valence-electron chi connectivity index (χ4n) is 2.10. The van der Waals surface area contributed by atoms with Gasteiger partial charge in [0, 0.05) is 38.8 Å². The van der Waals surface area contributed by atoms with Gasteiger partial charge in [-0.15, -0.1) is 0 Å². The molecule has 0 spiro atoms. The van der Waals surface area contributed by atoms with Crippen LogP contribution in [0.25, 0.3) is 0 Å². The van der Waals surface area contributed by atoms with Crippen molar-refractivity contribution < 1.29 is 9.53 Å². The molecular weight excluding hydrogens is 246 g/mol. The van der Waals surface area contributed by atoms with Gasteiger partial charge in [0.05, 0.1) is 13.2 Å². The Balaban J connectivity index is 1.80. The maximum absolute atomic E-state index is 12.0. The van der Waals surface area contributed by atoms with Crippen LogP contribution >= 0.6 is 0 Å². The number of ether oxygens (including phenoxy) is 1. The number of amides is 1. The van der Waals surface area contributed by atoms with E-state index in [0.717, 1.165) is 32.8 Å². The van der Waals surface area contributed by atoms with Gasteiger partial charge >= 0.3 is 0 Å². The van der Waals surface area contributed by atoms with Crippen LogP contribution in [-0.2, 0) is 11.3 Å². The Hall–Kier alpha value is -1.60. The first-order chi connectivity index (χ1) is 9.20. The molecule has 1 saturated heterocycles. The number of nitrogens with zero attached hydrogens (tertiary/aromatic N) is 3. The van der Waals surface area contributed by atoms with Gasteiger partial charge in [-0.3, -0.25) is 14.4 Å². The zero-order chi connectivity index (χ0) is 13.7. The van der Waals surface area contributed by atoms with Gasteiger partial charge in [0.1, 0.15) is 11.5 Å². The van der Waals surface area contributed by atoms with Gasteiger partial charge in [-0.1, -0.05) is 0 Å². The number of nitrogens with two attached hydrogens (primary N) is 1. The first-order valence-electron chi connectivity index (χ1n) is 6.62. The minimum Gasteiger partial charge on any atom is -0.382 e. The number of rotatable bonds is 5. The van der Waals surface area contributed by atoms with Crippen LogP contribution in [0.3, 0.4) is 0 Å². The highest BCUT2D eigenvalue weighted by Crippen LogP contribution is 2.05. The highest BCUT2D eigenvalue weighted by molar-refractivity contribution is 5.93. The molecule has 19 heavy (non-hydrogen) atoms. The van der Waals surface area contributed by atoms with Gasteiger partial charge in [0.25, 0.3) is 5.91 Å². The maximum Gasteiger partial charge on any atom is 0.269 e. The molecule has 1 aliphatic rings. The number of aryl methyl sites for hydroxylation is 1. The normalized spacial score (nSPS) is 16.5. The number of anilines is 1. The van der Waals surface area contributed by atoms with Crippen molar-refractivity contribution >= 4 is 11.7 Å². The summed E-state index contributed by atoms with van der Waals surface area (Å²) in [5.41, 5.74) is 6.12. The van der Waals surface area contributed by atoms with E-state index >= 15 is 0 Å². The van der Waals surface area contributed by atoms with Crippen LogP contribution < -0.4 is 11.1 Å². The minimum atomic E-state index is -0.126. The fraction of sp³-hybridized carbons (Fsp3) is 0.667. The second kappa shape index (κ2) is 6.53. The molecule has 0 bridgehead atoms. The molecule has 2 heterocycles. The summed E-state index contributed by atoms with van der Waals surface area (Å²) in [4.78, 5) is 14.3. The largest absolute Gasteiger partial charge is 0.382 e. The summed E-state index contributed by atoms with van der Waals surface area (Å²) in [5, 5.41) is 6.95. The van der Waals surface area contributed by atoms with Crippen LogP contribution in [0.15, 0.2) is 6.07 Å². The van der Waals surface area contributed by atoms with Gasteiger partial charge in [-0.05, 0) is 6.92 Å². The number of carbonyl (C=O) groups is 1. The number of carbonyl (C=O) groups excluding carboxylic acids is 1. The molecule has 1 aliphatic heterocycles. The first-order valence-corrected chi connectivity index (χ1v) is 6.62. The SMILES string of the molecule is CCn1nc(N)cc1C(=O)NCCN1CCOCC1. The average Bonchev–Trinajstić information content (AvgIpc) is 2.81. The number of nitrogen functional groups attached to an aromatic ring is 1. The van der Waals surface area contributed by atoms with Crippen molar-refractivity contribution in [3.05, 3.63) is 11.8 Å². The van der Waals surface area contributed by atoms with E-state index in [1.807, 2.05) is 6.92 Å². The van der Waals surface area contributed by atoms with Gasteiger partial charge in [-0.2, -0.15) is 5.10 Å². The molecule has 0 unspecified atom stereocenters. The number of nitrogens with one attached hydrogen (secondary N) is 1. The predicted octanol–water partition coefficient (Wildman–Crippen LogP) is -0.453. The van der Waals surface area contributed by atoms with E-state index in [9.17, 15) is 4.79 Å². The van der Waals surface area contributed by atoms with E-state index in [4.69, 9.17) is 10.5 Å². The lowest BCUT2D eigenvalue weighted by Crippen LogP contribution is -2.41. The molecule has 0 saturated carbocycles. The molecule has 1 fully saturated rings. The number of hydrogen-bond acceptors (Lipinski definition) is 5. The Morgan fingerprint density at radius 2 is 2.26 bits per heavy atom. The second-order valence-corrected chi connectivity index (χ2v) is 4.48. The number of morpholine rings is 1. The smallest absolute Gasteiger partial charge is 0.269 e. The van der Waals surface area contributed by atoms with Crippen LogP contribution in [0.4, 0.5) is 5.82 Å². The van der Waals surface area contributed by atoms with Gasteiger partial charge in [0.15, 0.2) is 0 Å². The van der Waals surface area contributed by atoms with Crippen molar-refractivity contribution in [1.82, 2.24) is 20.0 Å². The molecule has 1 aromatic heterocycles. The summed E-state index contributed by atoms with van der Waals surface area (Å²) in [6.45, 7) is 7.41. The molecule has 1 aromatic rings. The molecule has 7 heteroatoms. The zero-order valence-corrected chi connectivity index (χ0v) is 11.3. The minimum absolute atomic E-state index is 0.126. The molecule has 106 valence electrons. The van der Waals surface area contributed by atoms with Gasteiger partial charge in [0.2, 0.25) is 0 Å². The monoisotopic (exact) mass is 267 g/mol. The highest BCUT2D eigenvalue weighted by Gasteiger charge is 2.14. The van der Waals surface area contributed by atoms with Crippen molar-refractivity contribution in [3.8, 4) is 0 Å². The quantitative estimate of drug-likeness (QED) is 0.754. The van der Waals surface area contributed by atoms with Gasteiger partial charge in [-0.25, -0.2) is 0 Å². The third-order valence-corrected chi connectivity index (χ3v) is 3.15. The van der Waals surface area contributed by atoms with Crippen molar-refractivity contribution in [1.29, 1.82) is 0 Å². The molecule has 0 aliphatic carbocycles. The van der Waals surface area contributed by atoms with E-state index in [1.165, 1.54) is 0 Å². The fourth-order valence-corrected chi connectivity index (χ4v) is 2.10. The van der Waals surface area contributed by atoms with Crippen LogP contribution in [0, 0.1) is 0 Å². The summed E-state index contributed by atoms with van der Waals surface area (Å²) in [6, 6.07) is 1.60. The first kappa shape index (κ1) is 13.8. The molecule has 3 N–H and O–H groups in total. The summed E-state index contributed by atoms with van der Waals surface area (Å²) in [7, 11) is 0. The molecule has 0 atom stereocenters. The third-order valence-electron chi connectivity index (χ3n) is 3.15. The maximum atomic E-state index is 12.0. The standard InChI is InChI=1S/C12H21N5O2/c1-2-17-10(9-11(13)15-17)12(18)14-3-4-16-5-7-19-8-6-16/h9H,2-8H2,1H3,(H2,13,15)(H,14,18). The summed E-state index contributed by atoms with van der Waals surface area (Å²) in [6.07, 6.45) is 0. The lowest BCUT2D eigenvalue weighted by molar-refractivity contribution is 0.0383. The lowest BCUT2D eigenvalue weighted by Gasteiger charge is -2.26. The molecule has 2 rings (SSSR count). The summed E-state index contributed by atoms with van der Waals surface area (Å²) < 4.78 is 6.89. The van der Waals surface area contributed by atoms with Crippen molar-refractivity contribution in [2.75, 3.05) is 45.1 Å². The van der Waals surface area contributed by atoms with E-state index < -0.39 is 0 Å². The molecular formula is C12H21N5O2. The Bertz CT molecular complexity index is 426. The number of aromatic nitrogens is 2. The van der Waals surface area contributed by atoms with Crippen LogP contribution in [-0.4, -0.2) is 60.0 Å². The lowest BCUT2D eigenvalue weighted by atomic mass is 10.3. The van der Waals surface area contributed by atoms with Crippen LogP contribution in [0.5, 0.6) is 0 Å². The summed E-state index contributed by atoms with van der Waals surface area (Å²) in [5.74, 6) is 0.250. The van der Waals surface area contributed by atoms with Gasteiger partial charge < -0.3 is 15.8 Å². The van der Waals surface area contributed by atoms with E-state index in [2.05, 4.69) is 15.3 Å². The predicted molar refractivity (Wildman–Crippen MR) is 71.9 cm³/mol. The Morgan fingerprint density at radius 1 is 1.53 bits per heavy atom. The molecule has 1 amide bonds. The van der Waals surface area contributed by atoms with Crippen LogP contribution in [0.1, 0.15) is 17.4 Å². The van der Waals surface area contributed by atoms with Crippen LogP contribution in [0.2, 0.25) is 0 Å². The molecule has 7 nitrogen and oxygen atoms in total. The third kappa shape index (κ3) is 3.68. The summed E-state index contributed by atoms with van der Waals surface area (Å²) >= 11 is 0. The highest BCUT2D eigenvalue weighted by atomic mass is 16.5. The van der Waals surface area contributed by atoms with E-state index in [1.54, 1.807) is 10.7 Å². The number of hydrogen-bond donors (Lipinski definition) is 2. The van der Waals surface area contributed by atoms with E-state index in [0.29, 0.717) is 24.6 Å². The molecule has 0 radical (unpaired) electrons. The Labute approximate surface area is 112 Å². The average molecular weight is 267 g/mol. The van der Waals surface area contributed by atoms with Crippen molar-refractivity contribution in [2.45, 2.75) is 13.5 Å².